The lowest BCUT2D eigenvalue weighted by Gasteiger charge is -2.24. The number of hydrogen-bond donors (Lipinski definition) is 1. The zero-order chi connectivity index (χ0) is 25.5. The van der Waals surface area contributed by atoms with Crippen LogP contribution in [-0.4, -0.2) is 42.0 Å². The largest absolute Gasteiger partial charge is 0.481 e. The van der Waals surface area contributed by atoms with Gasteiger partial charge in [0, 0.05) is 11.1 Å². The predicted octanol–water partition coefficient (Wildman–Crippen LogP) is 5.02. The summed E-state index contributed by atoms with van der Waals surface area (Å²) < 4.78 is 84.2. The first-order chi connectivity index (χ1) is 16.5. The van der Waals surface area contributed by atoms with Crippen LogP contribution in [0, 0.1) is 18.6 Å². The van der Waals surface area contributed by atoms with E-state index in [2.05, 4.69) is 20.3 Å². The highest BCUT2D eigenvalue weighted by Gasteiger charge is 2.29. The Balaban J connectivity index is 1.77. The van der Waals surface area contributed by atoms with E-state index in [4.69, 9.17) is 4.74 Å². The second kappa shape index (κ2) is 9.56. The van der Waals surface area contributed by atoms with Crippen molar-refractivity contribution in [3.8, 4) is 5.88 Å². The Morgan fingerprint density at radius 2 is 1.71 bits per heavy atom. The van der Waals surface area contributed by atoms with Gasteiger partial charge in [-0.3, -0.25) is 0 Å². The molecule has 188 valence electrons. The van der Waals surface area contributed by atoms with Crippen molar-refractivity contribution >= 4 is 26.7 Å². The van der Waals surface area contributed by atoms with Gasteiger partial charge >= 0.3 is 0 Å². The molecule has 1 aromatic carbocycles. The molecule has 0 unspecified atom stereocenters. The number of sulfone groups is 1. The fraction of sp³-hybridized carbons (Fsp3) is 0.435. The number of benzene rings is 1. The summed E-state index contributed by atoms with van der Waals surface area (Å²) in [7, 11) is -1.62. The summed E-state index contributed by atoms with van der Waals surface area (Å²) in [5.74, 6) is -1.28. The predicted molar refractivity (Wildman–Crippen MR) is 123 cm³/mol. The van der Waals surface area contributed by atoms with Crippen molar-refractivity contribution in [3.63, 3.8) is 0 Å². The molecule has 1 saturated heterocycles. The normalized spacial score (nSPS) is 17.0. The first-order valence-electron chi connectivity index (χ1n) is 11.0. The quantitative estimate of drug-likeness (QED) is 0.464. The number of nitrogens with zero attached hydrogens (tertiary/aromatic N) is 3. The molecular formula is C23H24F4N4O3S. The van der Waals surface area contributed by atoms with Gasteiger partial charge in [-0.15, -0.1) is 0 Å². The maximum absolute atomic E-state index is 14.7. The molecule has 7 nitrogen and oxygen atoms in total. The third kappa shape index (κ3) is 5.16. The molecule has 1 atom stereocenters. The minimum atomic E-state index is -3.17. The fourth-order valence-electron chi connectivity index (χ4n) is 4.32. The second-order valence-electron chi connectivity index (χ2n) is 8.57. The Kier molecular flexibility index (Phi) is 6.85. The number of anilines is 1. The molecule has 0 bridgehead atoms. The van der Waals surface area contributed by atoms with Crippen LogP contribution in [0.2, 0.25) is 0 Å². The van der Waals surface area contributed by atoms with E-state index in [0.29, 0.717) is 41.6 Å². The van der Waals surface area contributed by atoms with Crippen molar-refractivity contribution in [1.82, 2.24) is 15.0 Å². The van der Waals surface area contributed by atoms with Crippen LogP contribution in [0.3, 0.4) is 0 Å². The smallest absolute Gasteiger partial charge is 0.266 e. The molecule has 1 aliphatic rings. The number of ether oxygens (including phenoxy) is 1. The Bertz CT molecular complexity index is 1370. The van der Waals surface area contributed by atoms with Crippen LogP contribution in [0.4, 0.5) is 23.4 Å². The maximum Gasteiger partial charge on any atom is 0.266 e. The Labute approximate surface area is 199 Å². The van der Waals surface area contributed by atoms with Gasteiger partial charge in [-0.05, 0) is 50.8 Å². The van der Waals surface area contributed by atoms with Crippen LogP contribution in [0.15, 0.2) is 18.2 Å². The van der Waals surface area contributed by atoms with Crippen LogP contribution >= 0.6 is 0 Å². The van der Waals surface area contributed by atoms with Gasteiger partial charge in [0.2, 0.25) is 5.88 Å². The van der Waals surface area contributed by atoms with E-state index in [-0.39, 0.29) is 34.5 Å². The number of hydrogen-bond acceptors (Lipinski definition) is 7. The van der Waals surface area contributed by atoms with Gasteiger partial charge < -0.3 is 10.1 Å². The van der Waals surface area contributed by atoms with Gasteiger partial charge in [0.15, 0.2) is 5.65 Å². The van der Waals surface area contributed by atoms with Gasteiger partial charge in [-0.25, -0.2) is 35.9 Å². The average molecular weight is 513 g/mol. The lowest BCUT2D eigenvalue weighted by atomic mass is 9.93. The summed E-state index contributed by atoms with van der Waals surface area (Å²) in [6.07, 6.45) is -2.36. The van der Waals surface area contributed by atoms with E-state index in [1.54, 1.807) is 13.0 Å². The SMILES string of the molecule is COc1nc2nc(C)nc(N[C@H](C)c3cc(F)cc(C(F)F)c3F)c2cc1C1CCS(=O)(=O)CC1. The van der Waals surface area contributed by atoms with Crippen LogP contribution in [-0.2, 0) is 9.84 Å². The molecule has 0 saturated carbocycles. The summed E-state index contributed by atoms with van der Waals surface area (Å²) in [4.78, 5) is 13.2. The molecule has 0 spiro atoms. The Morgan fingerprint density at radius 1 is 1.06 bits per heavy atom. The minimum Gasteiger partial charge on any atom is -0.481 e. The summed E-state index contributed by atoms with van der Waals surface area (Å²) in [6, 6.07) is 2.17. The van der Waals surface area contributed by atoms with Gasteiger partial charge in [0.25, 0.3) is 6.43 Å². The number of rotatable bonds is 6. The number of aromatic nitrogens is 3. The van der Waals surface area contributed by atoms with Crippen molar-refractivity contribution in [2.75, 3.05) is 23.9 Å². The highest BCUT2D eigenvalue weighted by molar-refractivity contribution is 7.91. The molecule has 0 amide bonds. The highest BCUT2D eigenvalue weighted by Crippen LogP contribution is 2.38. The van der Waals surface area contributed by atoms with E-state index in [1.165, 1.54) is 14.0 Å². The number of methoxy groups -OCH3 is 1. The maximum atomic E-state index is 14.7. The molecule has 0 aliphatic carbocycles. The first-order valence-corrected chi connectivity index (χ1v) is 12.8. The van der Waals surface area contributed by atoms with E-state index >= 15 is 0 Å². The fourth-order valence-corrected chi connectivity index (χ4v) is 5.81. The Morgan fingerprint density at radius 3 is 2.34 bits per heavy atom. The summed E-state index contributed by atoms with van der Waals surface area (Å²) in [5, 5.41) is 3.43. The monoisotopic (exact) mass is 512 g/mol. The molecule has 3 aromatic rings. The van der Waals surface area contributed by atoms with Crippen LogP contribution in [0.5, 0.6) is 5.88 Å². The van der Waals surface area contributed by atoms with Crippen molar-refractivity contribution < 1.29 is 30.7 Å². The van der Waals surface area contributed by atoms with Crippen molar-refractivity contribution in [2.45, 2.75) is 45.1 Å². The van der Waals surface area contributed by atoms with Gasteiger partial charge in [-0.1, -0.05) is 0 Å². The molecule has 4 rings (SSSR count). The third-order valence-electron chi connectivity index (χ3n) is 6.13. The van der Waals surface area contributed by atoms with E-state index in [1.807, 2.05) is 0 Å². The van der Waals surface area contributed by atoms with Crippen molar-refractivity contribution in [3.05, 3.63) is 52.3 Å². The van der Waals surface area contributed by atoms with Crippen LogP contribution in [0.25, 0.3) is 11.0 Å². The van der Waals surface area contributed by atoms with E-state index in [9.17, 15) is 26.0 Å². The number of pyridine rings is 1. The number of halogens is 4. The topological polar surface area (TPSA) is 94.1 Å². The number of nitrogens with one attached hydrogen (secondary N) is 1. The highest BCUT2D eigenvalue weighted by atomic mass is 32.2. The van der Waals surface area contributed by atoms with Crippen molar-refractivity contribution in [2.24, 2.45) is 0 Å². The van der Waals surface area contributed by atoms with Gasteiger partial charge in [-0.2, -0.15) is 4.98 Å². The number of fused-ring (bicyclic) bond motifs is 1. The Hall–Kier alpha value is -3.02. The number of alkyl halides is 2. The van der Waals surface area contributed by atoms with E-state index in [0.717, 1.165) is 6.07 Å². The second-order valence-corrected chi connectivity index (χ2v) is 10.9. The van der Waals surface area contributed by atoms with Crippen LogP contribution < -0.4 is 10.1 Å². The molecule has 35 heavy (non-hydrogen) atoms. The van der Waals surface area contributed by atoms with Gasteiger partial charge in [0.1, 0.15) is 33.1 Å². The first kappa shape index (κ1) is 25.1. The molecule has 1 N–H and O–H groups in total. The lowest BCUT2D eigenvalue weighted by molar-refractivity contribution is 0.145. The molecular weight excluding hydrogens is 488 g/mol. The average Bonchev–Trinajstić information content (AvgIpc) is 2.79. The summed E-state index contributed by atoms with van der Waals surface area (Å²) in [5.41, 5.74) is -0.318. The van der Waals surface area contributed by atoms with Crippen LogP contribution in [0.1, 0.15) is 60.7 Å². The molecule has 2 aromatic heterocycles. The zero-order valence-corrected chi connectivity index (χ0v) is 20.1. The standard InChI is InChI=1S/C23H24F4N4O3S/c1-11(15-8-14(24)9-17(19(15)25)20(26)27)28-21-18-10-16(13-4-6-35(32,33)7-5-13)23(34-3)31-22(18)30-12(2)29-21/h8-11,13,20H,4-7H2,1-3H3,(H,28,29,30,31)/t11-/m1/s1. The molecule has 3 heterocycles. The number of aryl methyl sites for hydroxylation is 1. The molecule has 1 fully saturated rings. The van der Waals surface area contributed by atoms with Gasteiger partial charge in [0.05, 0.1) is 35.6 Å². The summed E-state index contributed by atoms with van der Waals surface area (Å²) in [6.45, 7) is 3.13. The zero-order valence-electron chi connectivity index (χ0n) is 19.3. The van der Waals surface area contributed by atoms with E-state index < -0.39 is 39.5 Å². The minimum absolute atomic E-state index is 0.0523. The summed E-state index contributed by atoms with van der Waals surface area (Å²) >= 11 is 0. The third-order valence-corrected chi connectivity index (χ3v) is 7.84. The molecule has 1 aliphatic heterocycles. The lowest BCUT2D eigenvalue weighted by Crippen LogP contribution is -2.22. The van der Waals surface area contributed by atoms with Crippen molar-refractivity contribution in [1.29, 1.82) is 0 Å². The molecule has 0 radical (unpaired) electrons. The molecule has 12 heteroatoms.